The molecule has 2 N–H and O–H groups in total. The molecule has 0 bridgehead atoms. The molecule has 88 valence electrons. The second-order valence-corrected chi connectivity index (χ2v) is 3.95. The number of aromatic amines is 1. The lowest BCUT2D eigenvalue weighted by Crippen LogP contribution is -2.38. The Labute approximate surface area is 94.5 Å². The monoisotopic (exact) mass is 223 g/mol. The van der Waals surface area contributed by atoms with Gasteiger partial charge in [0.1, 0.15) is 5.69 Å². The van der Waals surface area contributed by atoms with E-state index in [1.54, 1.807) is 12.1 Å². The van der Waals surface area contributed by atoms with Gasteiger partial charge in [-0.25, -0.2) is 0 Å². The number of hydrogen-bond acceptors (Lipinski definition) is 3. The fraction of sp³-hybridized carbons (Fsp3) is 0.455. The predicted octanol–water partition coefficient (Wildman–Crippen LogP) is 0.0548. The first-order valence-corrected chi connectivity index (χ1v) is 5.14. The van der Waals surface area contributed by atoms with Crippen LogP contribution in [-0.4, -0.2) is 42.5 Å². The quantitative estimate of drug-likeness (QED) is 0.758. The van der Waals surface area contributed by atoms with Crippen molar-refractivity contribution in [2.24, 2.45) is 0 Å². The molecule has 0 radical (unpaired) electrons. The number of rotatable bonds is 4. The zero-order valence-electron chi connectivity index (χ0n) is 9.78. The normalized spacial score (nSPS) is 12.5. The van der Waals surface area contributed by atoms with Crippen LogP contribution in [0, 0.1) is 0 Å². The molecule has 1 atom stereocenters. The lowest BCUT2D eigenvalue weighted by Gasteiger charge is -2.19. The summed E-state index contributed by atoms with van der Waals surface area (Å²) in [5, 5.41) is 2.76. The van der Waals surface area contributed by atoms with Crippen molar-refractivity contribution >= 4 is 5.91 Å². The van der Waals surface area contributed by atoms with Gasteiger partial charge in [0.25, 0.3) is 5.91 Å². The molecule has 1 aromatic heterocycles. The Kier molecular flexibility index (Phi) is 4.25. The summed E-state index contributed by atoms with van der Waals surface area (Å²) in [5.74, 6) is -0.258. The van der Waals surface area contributed by atoms with E-state index in [1.807, 2.05) is 25.9 Å². The minimum Gasteiger partial charge on any atom is -0.349 e. The largest absolute Gasteiger partial charge is 0.349 e. The number of H-pyrrole nitrogens is 1. The number of aromatic nitrogens is 1. The molecule has 1 aromatic rings. The average molecular weight is 223 g/mol. The van der Waals surface area contributed by atoms with Crippen LogP contribution in [0.25, 0.3) is 0 Å². The van der Waals surface area contributed by atoms with Gasteiger partial charge in [0, 0.05) is 18.7 Å². The molecule has 1 rings (SSSR count). The van der Waals surface area contributed by atoms with Crippen LogP contribution in [0.4, 0.5) is 0 Å². The van der Waals surface area contributed by atoms with Gasteiger partial charge in [0.2, 0.25) is 5.56 Å². The van der Waals surface area contributed by atoms with Gasteiger partial charge >= 0.3 is 0 Å². The standard InChI is InChI=1S/C11H17N3O2/c1-8(14(2)3)7-12-11(16)9-5-4-6-10(15)13-9/h4-6,8H,7H2,1-3H3,(H,12,16)(H,13,15). The molecule has 0 aliphatic carbocycles. The molecule has 1 unspecified atom stereocenters. The highest BCUT2D eigenvalue weighted by molar-refractivity contribution is 5.92. The van der Waals surface area contributed by atoms with Crippen LogP contribution in [0.15, 0.2) is 23.0 Å². The molecule has 5 heteroatoms. The van der Waals surface area contributed by atoms with E-state index < -0.39 is 0 Å². The van der Waals surface area contributed by atoms with Gasteiger partial charge in [-0.05, 0) is 27.1 Å². The zero-order valence-corrected chi connectivity index (χ0v) is 9.78. The Morgan fingerprint density at radius 1 is 1.50 bits per heavy atom. The van der Waals surface area contributed by atoms with Crippen molar-refractivity contribution in [1.82, 2.24) is 15.2 Å². The lowest BCUT2D eigenvalue weighted by molar-refractivity contribution is 0.0938. The maximum Gasteiger partial charge on any atom is 0.267 e. The Morgan fingerprint density at radius 2 is 2.19 bits per heavy atom. The van der Waals surface area contributed by atoms with E-state index in [0.717, 1.165) is 0 Å². The van der Waals surface area contributed by atoms with Gasteiger partial charge in [-0.3, -0.25) is 9.59 Å². The predicted molar refractivity (Wildman–Crippen MR) is 62.5 cm³/mol. The molecule has 0 aromatic carbocycles. The van der Waals surface area contributed by atoms with Crippen LogP contribution in [0.3, 0.4) is 0 Å². The molecule has 0 saturated heterocycles. The van der Waals surface area contributed by atoms with E-state index in [2.05, 4.69) is 10.3 Å². The molecule has 0 fully saturated rings. The van der Waals surface area contributed by atoms with Gasteiger partial charge < -0.3 is 15.2 Å². The van der Waals surface area contributed by atoms with E-state index in [-0.39, 0.29) is 17.5 Å². The van der Waals surface area contributed by atoms with Crippen molar-refractivity contribution in [3.8, 4) is 0 Å². The van der Waals surface area contributed by atoms with Gasteiger partial charge in [0.15, 0.2) is 0 Å². The van der Waals surface area contributed by atoms with E-state index in [0.29, 0.717) is 12.2 Å². The maximum absolute atomic E-state index is 11.6. The number of nitrogens with one attached hydrogen (secondary N) is 2. The molecule has 16 heavy (non-hydrogen) atoms. The summed E-state index contributed by atoms with van der Waals surface area (Å²) in [6.45, 7) is 2.55. The third kappa shape index (κ3) is 3.51. The Hall–Kier alpha value is -1.62. The van der Waals surface area contributed by atoms with Crippen molar-refractivity contribution in [3.63, 3.8) is 0 Å². The first kappa shape index (κ1) is 12.4. The summed E-state index contributed by atoms with van der Waals surface area (Å²) < 4.78 is 0. The van der Waals surface area contributed by atoms with Crippen molar-refractivity contribution < 1.29 is 4.79 Å². The molecule has 0 spiro atoms. The smallest absolute Gasteiger partial charge is 0.267 e. The number of hydrogen-bond donors (Lipinski definition) is 2. The van der Waals surface area contributed by atoms with E-state index >= 15 is 0 Å². The van der Waals surface area contributed by atoms with E-state index in [1.165, 1.54) is 6.07 Å². The second kappa shape index (κ2) is 5.46. The summed E-state index contributed by atoms with van der Waals surface area (Å²) in [7, 11) is 3.89. The maximum atomic E-state index is 11.6. The van der Waals surface area contributed by atoms with E-state index in [9.17, 15) is 9.59 Å². The zero-order chi connectivity index (χ0) is 12.1. The van der Waals surface area contributed by atoms with Gasteiger partial charge in [-0.2, -0.15) is 0 Å². The highest BCUT2D eigenvalue weighted by Gasteiger charge is 2.09. The van der Waals surface area contributed by atoms with E-state index in [4.69, 9.17) is 0 Å². The topological polar surface area (TPSA) is 65.2 Å². The Morgan fingerprint density at radius 3 is 2.75 bits per heavy atom. The van der Waals surface area contributed by atoms with Crippen molar-refractivity contribution in [2.45, 2.75) is 13.0 Å². The first-order chi connectivity index (χ1) is 7.50. The van der Waals surface area contributed by atoms with Crippen LogP contribution in [0.5, 0.6) is 0 Å². The fourth-order valence-electron chi connectivity index (χ4n) is 1.10. The van der Waals surface area contributed by atoms with Crippen LogP contribution in [0.2, 0.25) is 0 Å². The summed E-state index contributed by atoms with van der Waals surface area (Å²) in [5.41, 5.74) is 0.0202. The minimum absolute atomic E-state index is 0.249. The van der Waals surface area contributed by atoms with Crippen molar-refractivity contribution in [2.75, 3.05) is 20.6 Å². The summed E-state index contributed by atoms with van der Waals surface area (Å²) in [6, 6.07) is 4.76. The number of likely N-dealkylation sites (N-methyl/N-ethyl adjacent to an activating group) is 1. The molecular formula is C11H17N3O2. The fourth-order valence-corrected chi connectivity index (χ4v) is 1.10. The molecule has 5 nitrogen and oxygen atoms in total. The molecular weight excluding hydrogens is 206 g/mol. The van der Waals surface area contributed by atoms with Crippen molar-refractivity contribution in [1.29, 1.82) is 0 Å². The number of amides is 1. The first-order valence-electron chi connectivity index (χ1n) is 5.14. The molecule has 1 amide bonds. The molecule has 0 saturated carbocycles. The van der Waals surface area contributed by atoms with Crippen LogP contribution in [-0.2, 0) is 0 Å². The number of pyridine rings is 1. The number of carbonyl (C=O) groups is 1. The third-order valence-corrected chi connectivity index (χ3v) is 2.45. The van der Waals surface area contributed by atoms with Crippen LogP contribution >= 0.6 is 0 Å². The molecule has 1 heterocycles. The van der Waals surface area contributed by atoms with Gasteiger partial charge in [-0.15, -0.1) is 0 Å². The van der Waals surface area contributed by atoms with Gasteiger partial charge in [-0.1, -0.05) is 6.07 Å². The Bertz CT molecular complexity index is 412. The summed E-state index contributed by atoms with van der Waals surface area (Å²) >= 11 is 0. The minimum atomic E-state index is -0.270. The second-order valence-electron chi connectivity index (χ2n) is 3.95. The highest BCUT2D eigenvalue weighted by Crippen LogP contribution is 1.92. The highest BCUT2D eigenvalue weighted by atomic mass is 16.2. The SMILES string of the molecule is CC(CNC(=O)c1cccc(=O)[nH]1)N(C)C. The molecule has 0 aliphatic heterocycles. The third-order valence-electron chi connectivity index (χ3n) is 2.45. The molecule has 0 aliphatic rings. The van der Waals surface area contributed by atoms with Crippen LogP contribution in [0.1, 0.15) is 17.4 Å². The van der Waals surface area contributed by atoms with Crippen molar-refractivity contribution in [3.05, 3.63) is 34.2 Å². The average Bonchev–Trinajstić information content (AvgIpc) is 2.25. The van der Waals surface area contributed by atoms with Crippen LogP contribution < -0.4 is 10.9 Å². The summed E-state index contributed by atoms with van der Waals surface area (Å²) in [4.78, 5) is 27.1. The Balaban J connectivity index is 2.57. The number of nitrogens with zero attached hydrogens (tertiary/aromatic N) is 1. The lowest BCUT2D eigenvalue weighted by atomic mass is 10.3. The number of carbonyl (C=O) groups excluding carboxylic acids is 1. The van der Waals surface area contributed by atoms with Gasteiger partial charge in [0.05, 0.1) is 0 Å². The summed E-state index contributed by atoms with van der Waals surface area (Å²) in [6.07, 6.45) is 0.